The molecule has 128 valence electrons. The van der Waals surface area contributed by atoms with Crippen LogP contribution < -0.4 is 10.6 Å². The van der Waals surface area contributed by atoms with Gasteiger partial charge in [0.25, 0.3) is 5.91 Å². The Morgan fingerprint density at radius 2 is 1.72 bits per heavy atom. The average molecular weight is 334 g/mol. The van der Waals surface area contributed by atoms with E-state index < -0.39 is 0 Å². The number of carbonyl (C=O) groups is 1. The van der Waals surface area contributed by atoms with Gasteiger partial charge in [-0.15, -0.1) is 0 Å². The first-order chi connectivity index (χ1) is 12.1. The van der Waals surface area contributed by atoms with Crippen molar-refractivity contribution in [1.29, 1.82) is 0 Å². The van der Waals surface area contributed by atoms with Crippen LogP contribution in [0.15, 0.2) is 54.6 Å². The van der Waals surface area contributed by atoms with Gasteiger partial charge in [-0.2, -0.15) is 0 Å². The number of fused-ring (bicyclic) bond motifs is 1. The predicted octanol–water partition coefficient (Wildman–Crippen LogP) is 4.15. The van der Waals surface area contributed by atoms with Gasteiger partial charge in [-0.05, 0) is 36.6 Å². The summed E-state index contributed by atoms with van der Waals surface area (Å²) in [6.45, 7) is 4.87. The molecule has 2 aromatic carbocycles. The summed E-state index contributed by atoms with van der Waals surface area (Å²) < 4.78 is 0. The Labute approximate surface area is 147 Å². The van der Waals surface area contributed by atoms with Crippen molar-refractivity contribution in [2.75, 3.05) is 11.9 Å². The van der Waals surface area contributed by atoms with Gasteiger partial charge in [-0.25, -0.2) is 9.97 Å². The molecule has 3 rings (SSSR count). The highest BCUT2D eigenvalue weighted by molar-refractivity contribution is 5.97. The molecule has 0 fully saturated rings. The highest BCUT2D eigenvalue weighted by atomic mass is 16.2. The number of carbonyl (C=O) groups excluding carboxylic acids is 1. The molecule has 0 aliphatic rings. The summed E-state index contributed by atoms with van der Waals surface area (Å²) in [6, 6.07) is 17.4. The largest absolute Gasteiger partial charge is 0.349 e. The number of anilines is 2. The molecule has 0 bridgehead atoms. The Morgan fingerprint density at radius 1 is 1.00 bits per heavy atom. The van der Waals surface area contributed by atoms with Crippen LogP contribution >= 0.6 is 0 Å². The second kappa shape index (κ2) is 7.75. The maximum absolute atomic E-state index is 12.4. The van der Waals surface area contributed by atoms with Crippen molar-refractivity contribution < 1.29 is 4.79 Å². The maximum atomic E-state index is 12.4. The van der Waals surface area contributed by atoms with Crippen LogP contribution in [0.4, 0.5) is 11.5 Å². The smallest absolute Gasteiger partial charge is 0.289 e. The zero-order valence-corrected chi connectivity index (χ0v) is 14.5. The zero-order chi connectivity index (χ0) is 17.6. The Bertz CT molecular complexity index is 862. The molecule has 1 aromatic heterocycles. The standard InChI is InChI=1S/C20H22N4O/c1-14(2)12-13-21-20(25)19-23-17-11-7-6-10-16(17)18(24-19)22-15-8-4-3-5-9-15/h3-11,14H,12-13H2,1-2H3,(H,21,25)(H,22,23,24). The van der Waals surface area contributed by atoms with Crippen LogP contribution in [-0.4, -0.2) is 22.4 Å². The molecule has 0 radical (unpaired) electrons. The van der Waals surface area contributed by atoms with Crippen molar-refractivity contribution in [2.24, 2.45) is 5.92 Å². The third-order valence-corrected chi connectivity index (χ3v) is 3.85. The van der Waals surface area contributed by atoms with Crippen LogP contribution in [0.3, 0.4) is 0 Å². The monoisotopic (exact) mass is 334 g/mol. The summed E-state index contributed by atoms with van der Waals surface area (Å²) in [6.07, 6.45) is 0.925. The molecule has 5 heteroatoms. The first kappa shape index (κ1) is 16.9. The molecule has 0 aliphatic heterocycles. The molecule has 1 heterocycles. The first-order valence-electron chi connectivity index (χ1n) is 8.50. The number of hydrogen-bond acceptors (Lipinski definition) is 4. The normalized spacial score (nSPS) is 10.8. The summed E-state index contributed by atoms with van der Waals surface area (Å²) in [4.78, 5) is 21.3. The molecule has 0 aliphatic carbocycles. The van der Waals surface area contributed by atoms with Crippen molar-refractivity contribution in [3.05, 3.63) is 60.4 Å². The highest BCUT2D eigenvalue weighted by Crippen LogP contribution is 2.23. The van der Waals surface area contributed by atoms with Gasteiger partial charge in [0.2, 0.25) is 5.82 Å². The van der Waals surface area contributed by atoms with E-state index in [0.29, 0.717) is 18.3 Å². The first-order valence-corrected chi connectivity index (χ1v) is 8.50. The molecule has 0 saturated carbocycles. The summed E-state index contributed by atoms with van der Waals surface area (Å²) in [5.74, 6) is 1.10. The van der Waals surface area contributed by atoms with Crippen LogP contribution in [-0.2, 0) is 0 Å². The van der Waals surface area contributed by atoms with E-state index in [9.17, 15) is 4.79 Å². The van der Waals surface area contributed by atoms with Crippen LogP contribution in [0.2, 0.25) is 0 Å². The number of nitrogens with zero attached hydrogens (tertiary/aromatic N) is 2. The van der Waals surface area contributed by atoms with Crippen molar-refractivity contribution in [2.45, 2.75) is 20.3 Å². The van der Waals surface area contributed by atoms with Gasteiger partial charge < -0.3 is 10.6 Å². The molecule has 2 N–H and O–H groups in total. The molecule has 0 spiro atoms. The van der Waals surface area contributed by atoms with Gasteiger partial charge in [0, 0.05) is 17.6 Å². The van der Waals surface area contributed by atoms with E-state index >= 15 is 0 Å². The molecular formula is C20H22N4O. The Kier molecular flexibility index (Phi) is 5.23. The van der Waals surface area contributed by atoms with E-state index in [1.165, 1.54) is 0 Å². The lowest BCUT2D eigenvalue weighted by Crippen LogP contribution is -2.27. The van der Waals surface area contributed by atoms with E-state index in [1.807, 2.05) is 54.6 Å². The topological polar surface area (TPSA) is 66.9 Å². The summed E-state index contributed by atoms with van der Waals surface area (Å²) in [5, 5.41) is 7.06. The van der Waals surface area contributed by atoms with Crippen LogP contribution in [0.1, 0.15) is 30.9 Å². The highest BCUT2D eigenvalue weighted by Gasteiger charge is 2.14. The van der Waals surface area contributed by atoms with Gasteiger partial charge in [-0.1, -0.05) is 44.2 Å². The minimum Gasteiger partial charge on any atom is -0.349 e. The van der Waals surface area contributed by atoms with Crippen molar-refractivity contribution in [3.63, 3.8) is 0 Å². The SMILES string of the molecule is CC(C)CCNC(=O)c1nc(Nc2ccccc2)c2ccccc2n1. The fourth-order valence-corrected chi connectivity index (χ4v) is 2.49. The lowest BCUT2D eigenvalue weighted by atomic mass is 10.1. The van der Waals surface area contributed by atoms with Crippen molar-refractivity contribution >= 4 is 28.3 Å². The number of amides is 1. The number of nitrogens with one attached hydrogen (secondary N) is 2. The number of aromatic nitrogens is 2. The Balaban J connectivity index is 1.91. The molecule has 0 atom stereocenters. The predicted molar refractivity (Wildman–Crippen MR) is 101 cm³/mol. The molecular weight excluding hydrogens is 312 g/mol. The lowest BCUT2D eigenvalue weighted by molar-refractivity contribution is 0.0942. The number of hydrogen-bond donors (Lipinski definition) is 2. The van der Waals surface area contributed by atoms with Gasteiger partial charge in [0.15, 0.2) is 0 Å². The van der Waals surface area contributed by atoms with Crippen LogP contribution in [0, 0.1) is 5.92 Å². The molecule has 3 aromatic rings. The molecule has 1 amide bonds. The third-order valence-electron chi connectivity index (χ3n) is 3.85. The second-order valence-corrected chi connectivity index (χ2v) is 6.34. The Hall–Kier alpha value is -2.95. The van der Waals surface area contributed by atoms with Gasteiger partial charge in [-0.3, -0.25) is 4.79 Å². The van der Waals surface area contributed by atoms with E-state index in [2.05, 4.69) is 34.4 Å². The fraction of sp³-hybridized carbons (Fsp3) is 0.250. The number of benzene rings is 2. The second-order valence-electron chi connectivity index (χ2n) is 6.34. The fourth-order valence-electron chi connectivity index (χ4n) is 2.49. The number of para-hydroxylation sites is 2. The van der Waals surface area contributed by atoms with Gasteiger partial charge in [0.05, 0.1) is 5.52 Å². The van der Waals surface area contributed by atoms with Crippen LogP contribution in [0.5, 0.6) is 0 Å². The number of rotatable bonds is 6. The molecule has 25 heavy (non-hydrogen) atoms. The summed E-state index contributed by atoms with van der Waals surface area (Å²) in [5.41, 5.74) is 1.66. The molecule has 0 saturated heterocycles. The quantitative estimate of drug-likeness (QED) is 0.711. The van der Waals surface area contributed by atoms with Crippen LogP contribution in [0.25, 0.3) is 10.9 Å². The van der Waals surface area contributed by atoms with E-state index in [-0.39, 0.29) is 11.7 Å². The van der Waals surface area contributed by atoms with E-state index in [4.69, 9.17) is 0 Å². The minimum atomic E-state index is -0.248. The molecule has 0 unspecified atom stereocenters. The maximum Gasteiger partial charge on any atom is 0.289 e. The molecule has 5 nitrogen and oxygen atoms in total. The van der Waals surface area contributed by atoms with Gasteiger partial charge in [0.1, 0.15) is 5.82 Å². The summed E-state index contributed by atoms with van der Waals surface area (Å²) in [7, 11) is 0. The van der Waals surface area contributed by atoms with E-state index in [0.717, 1.165) is 23.0 Å². The third kappa shape index (κ3) is 4.32. The van der Waals surface area contributed by atoms with Crippen molar-refractivity contribution in [3.8, 4) is 0 Å². The van der Waals surface area contributed by atoms with Crippen molar-refractivity contribution in [1.82, 2.24) is 15.3 Å². The lowest BCUT2D eigenvalue weighted by Gasteiger charge is -2.11. The summed E-state index contributed by atoms with van der Waals surface area (Å²) >= 11 is 0. The Morgan fingerprint density at radius 3 is 2.48 bits per heavy atom. The average Bonchev–Trinajstić information content (AvgIpc) is 2.62. The van der Waals surface area contributed by atoms with E-state index in [1.54, 1.807) is 0 Å². The zero-order valence-electron chi connectivity index (χ0n) is 14.5. The minimum absolute atomic E-state index is 0.181. The van der Waals surface area contributed by atoms with Gasteiger partial charge >= 0.3 is 0 Å².